The first-order valence-corrected chi connectivity index (χ1v) is 12.6. The van der Waals surface area contributed by atoms with E-state index in [4.69, 9.17) is 4.74 Å². The molecule has 1 heterocycles. The van der Waals surface area contributed by atoms with E-state index in [2.05, 4.69) is 11.5 Å². The smallest absolute Gasteiger partial charge is 0.412 e. The predicted molar refractivity (Wildman–Crippen MR) is 129 cm³/mol. The lowest BCUT2D eigenvalue weighted by molar-refractivity contribution is -0.363. The molecule has 0 spiro atoms. The summed E-state index contributed by atoms with van der Waals surface area (Å²) < 4.78 is 5.87. The molecule has 1 saturated heterocycles. The molecule has 0 aromatic rings. The van der Waals surface area contributed by atoms with Crippen molar-refractivity contribution in [2.24, 2.45) is 28.6 Å². The van der Waals surface area contributed by atoms with Crippen LogP contribution in [0.15, 0.2) is 12.7 Å². The van der Waals surface area contributed by atoms with Crippen molar-refractivity contribution >= 4 is 11.9 Å². The first-order chi connectivity index (χ1) is 15.6. The molecule has 1 aliphatic heterocycles. The van der Waals surface area contributed by atoms with E-state index in [1.54, 1.807) is 24.8 Å². The van der Waals surface area contributed by atoms with Gasteiger partial charge >= 0.3 is 6.09 Å². The molecule has 8 heteroatoms. The summed E-state index contributed by atoms with van der Waals surface area (Å²) in [4.78, 5) is 30.6. The molecular weight excluding hydrogens is 436 g/mol. The standard InChI is InChI=1S/C26H44N2O6/c1-8-17(2)15-20(30)26(33)18(3)16-19(29)21-23(4,5)9-10-25(32,24(21,26)6)34-22(31)28-13-11-27(7)12-14-28/h8,17-19,21,29,32-33H,1,9-16H2,2-7H3/t17-,18+,19-,21+,24-,25-,26+/m1/s1. The maximum absolute atomic E-state index is 13.7. The van der Waals surface area contributed by atoms with Gasteiger partial charge in [0.15, 0.2) is 5.78 Å². The van der Waals surface area contributed by atoms with Gasteiger partial charge in [0, 0.05) is 44.9 Å². The number of nitrogens with zero attached hydrogens (tertiary/aromatic N) is 2. The first-order valence-electron chi connectivity index (χ1n) is 12.6. The lowest BCUT2D eigenvalue weighted by atomic mass is 9.41. The van der Waals surface area contributed by atoms with Crippen LogP contribution in [0.4, 0.5) is 4.79 Å². The molecule has 0 aromatic carbocycles. The minimum atomic E-state index is -2.12. The maximum Gasteiger partial charge on any atom is 0.412 e. The fraction of sp³-hybridized carbons (Fsp3) is 0.846. The third-order valence-electron chi connectivity index (χ3n) is 9.22. The second kappa shape index (κ2) is 9.19. The Morgan fingerprint density at radius 1 is 1.15 bits per heavy atom. The van der Waals surface area contributed by atoms with Crippen LogP contribution >= 0.6 is 0 Å². The zero-order valence-corrected chi connectivity index (χ0v) is 21.7. The summed E-state index contributed by atoms with van der Waals surface area (Å²) >= 11 is 0. The Hall–Kier alpha value is -1.48. The molecule has 1 amide bonds. The second-order valence-electron chi connectivity index (χ2n) is 11.9. The Bertz CT molecular complexity index is 809. The summed E-state index contributed by atoms with van der Waals surface area (Å²) in [5, 5.41) is 35.6. The Morgan fingerprint density at radius 3 is 2.29 bits per heavy atom. The lowest BCUT2D eigenvalue weighted by Gasteiger charge is -2.67. The quantitative estimate of drug-likeness (QED) is 0.409. The van der Waals surface area contributed by atoms with Crippen LogP contribution in [-0.4, -0.2) is 87.7 Å². The van der Waals surface area contributed by atoms with Gasteiger partial charge in [0.25, 0.3) is 0 Å². The number of aliphatic hydroxyl groups is 3. The highest BCUT2D eigenvalue weighted by Crippen LogP contribution is 2.66. The summed E-state index contributed by atoms with van der Waals surface area (Å²) in [5.74, 6) is -4.02. The molecule has 8 nitrogen and oxygen atoms in total. The van der Waals surface area contributed by atoms with Gasteiger partial charge in [-0.2, -0.15) is 0 Å². The Labute approximate surface area is 203 Å². The number of rotatable bonds is 5. The average Bonchev–Trinajstić information content (AvgIpc) is 2.75. The number of aliphatic hydroxyl groups excluding tert-OH is 1. The van der Waals surface area contributed by atoms with Gasteiger partial charge in [0.1, 0.15) is 5.60 Å². The molecule has 0 unspecified atom stereocenters. The SMILES string of the molecule is C=C[C@@H](C)CC(=O)[C@@]1(O)[C@@H](C)C[C@@H](O)[C@H]2C(C)(C)CC[C@@](O)(OC(=O)N3CCN(C)CC3)[C@@]21C. The fourth-order valence-electron chi connectivity index (χ4n) is 7.00. The van der Waals surface area contributed by atoms with Crippen molar-refractivity contribution in [3.8, 4) is 0 Å². The van der Waals surface area contributed by atoms with Crippen LogP contribution < -0.4 is 0 Å². The number of Topliss-reactive ketones (excluding diaryl/α,β-unsaturated/α-hetero) is 1. The number of ether oxygens (including phenoxy) is 1. The molecule has 2 saturated carbocycles. The van der Waals surface area contributed by atoms with Crippen LogP contribution in [0.2, 0.25) is 0 Å². The summed E-state index contributed by atoms with van der Waals surface area (Å²) in [7, 11) is 1.98. The van der Waals surface area contributed by atoms with Crippen molar-refractivity contribution < 1.29 is 29.6 Å². The number of fused-ring (bicyclic) bond motifs is 1. The third kappa shape index (κ3) is 4.10. The number of piperazine rings is 1. The van der Waals surface area contributed by atoms with Gasteiger partial charge in [-0.25, -0.2) is 4.79 Å². The number of hydrogen-bond acceptors (Lipinski definition) is 7. The van der Waals surface area contributed by atoms with Gasteiger partial charge in [-0.3, -0.25) is 4.79 Å². The van der Waals surface area contributed by atoms with E-state index in [1.807, 2.05) is 27.8 Å². The van der Waals surface area contributed by atoms with Gasteiger partial charge in [-0.1, -0.05) is 33.8 Å². The predicted octanol–water partition coefficient (Wildman–Crippen LogP) is 2.41. The van der Waals surface area contributed by atoms with Gasteiger partial charge in [-0.05, 0) is 44.1 Å². The minimum Gasteiger partial charge on any atom is -0.416 e. The monoisotopic (exact) mass is 480 g/mol. The van der Waals surface area contributed by atoms with E-state index < -0.39 is 52.0 Å². The summed E-state index contributed by atoms with van der Waals surface area (Å²) in [6, 6.07) is 0. The Balaban J connectivity index is 2.08. The van der Waals surface area contributed by atoms with Crippen LogP contribution in [0.3, 0.4) is 0 Å². The molecule has 2 aliphatic carbocycles. The van der Waals surface area contributed by atoms with E-state index in [1.165, 1.54) is 0 Å². The molecule has 3 rings (SSSR count). The number of carbonyl (C=O) groups is 2. The van der Waals surface area contributed by atoms with Crippen molar-refractivity contribution in [3.63, 3.8) is 0 Å². The molecule has 3 aliphatic rings. The van der Waals surface area contributed by atoms with Crippen LogP contribution in [0.25, 0.3) is 0 Å². The summed E-state index contributed by atoms with van der Waals surface area (Å²) in [6.45, 7) is 15.2. The highest BCUT2D eigenvalue weighted by atomic mass is 16.7. The number of carbonyl (C=O) groups excluding carboxylic acids is 2. The van der Waals surface area contributed by atoms with Crippen LogP contribution in [0, 0.1) is 28.6 Å². The van der Waals surface area contributed by atoms with Gasteiger partial charge in [-0.15, -0.1) is 6.58 Å². The van der Waals surface area contributed by atoms with Crippen molar-refractivity contribution in [1.82, 2.24) is 9.80 Å². The van der Waals surface area contributed by atoms with E-state index in [9.17, 15) is 24.9 Å². The molecule has 7 atom stereocenters. The van der Waals surface area contributed by atoms with E-state index in [0.717, 1.165) is 0 Å². The first kappa shape index (κ1) is 27.1. The van der Waals surface area contributed by atoms with E-state index >= 15 is 0 Å². The van der Waals surface area contributed by atoms with Crippen molar-refractivity contribution in [3.05, 3.63) is 12.7 Å². The normalized spacial score (nSPS) is 41.3. The van der Waals surface area contributed by atoms with Gasteiger partial charge in [0.2, 0.25) is 5.79 Å². The van der Waals surface area contributed by atoms with E-state index in [-0.39, 0.29) is 25.2 Å². The summed E-state index contributed by atoms with van der Waals surface area (Å²) in [6.07, 6.45) is 0.944. The van der Waals surface area contributed by atoms with Crippen molar-refractivity contribution in [1.29, 1.82) is 0 Å². The molecular formula is C26H44N2O6. The van der Waals surface area contributed by atoms with E-state index in [0.29, 0.717) is 32.6 Å². The second-order valence-corrected chi connectivity index (χ2v) is 11.9. The van der Waals surface area contributed by atoms with Crippen LogP contribution in [0.1, 0.15) is 60.3 Å². The highest BCUT2D eigenvalue weighted by molar-refractivity contribution is 5.89. The molecule has 0 aromatic heterocycles. The number of ketones is 1. The van der Waals surface area contributed by atoms with Crippen molar-refractivity contribution in [2.45, 2.75) is 77.8 Å². The molecule has 3 fully saturated rings. The van der Waals surface area contributed by atoms with Gasteiger partial charge in [0.05, 0.1) is 11.5 Å². The zero-order valence-electron chi connectivity index (χ0n) is 21.7. The molecule has 194 valence electrons. The Kier molecular flexibility index (Phi) is 7.33. The topological polar surface area (TPSA) is 111 Å². The molecule has 0 radical (unpaired) electrons. The highest BCUT2D eigenvalue weighted by Gasteiger charge is 2.76. The molecule has 0 bridgehead atoms. The molecule has 3 N–H and O–H groups in total. The third-order valence-corrected chi connectivity index (χ3v) is 9.22. The zero-order chi connectivity index (χ0) is 25.7. The Morgan fingerprint density at radius 2 is 1.74 bits per heavy atom. The van der Waals surface area contributed by atoms with Crippen LogP contribution in [-0.2, 0) is 9.53 Å². The number of likely N-dealkylation sites (N-methyl/N-ethyl adjacent to an activating group) is 1. The number of hydrogen-bond donors (Lipinski definition) is 3. The van der Waals surface area contributed by atoms with Crippen molar-refractivity contribution in [2.75, 3.05) is 33.2 Å². The molecule has 34 heavy (non-hydrogen) atoms. The maximum atomic E-state index is 13.7. The number of allylic oxidation sites excluding steroid dienone is 1. The largest absolute Gasteiger partial charge is 0.416 e. The lowest BCUT2D eigenvalue weighted by Crippen LogP contribution is -2.78. The fourth-order valence-corrected chi connectivity index (χ4v) is 7.00. The summed E-state index contributed by atoms with van der Waals surface area (Å²) in [5.41, 5.74) is -4.11. The van der Waals surface area contributed by atoms with Crippen LogP contribution in [0.5, 0.6) is 0 Å². The number of amides is 1. The van der Waals surface area contributed by atoms with Gasteiger partial charge < -0.3 is 29.9 Å². The minimum absolute atomic E-state index is 0.0473. The average molecular weight is 481 g/mol.